The second-order valence-electron chi connectivity index (χ2n) is 4.59. The average molecular weight is 255 g/mol. The first-order chi connectivity index (χ1) is 8.50. The summed E-state index contributed by atoms with van der Waals surface area (Å²) in [6, 6.07) is 4.94. The predicted octanol–water partition coefficient (Wildman–Crippen LogP) is 4.21. The number of benzene rings is 1. The fraction of sp³-hybridized carbons (Fsp3) is 0.429. The molecular weight excluding hydrogens is 239 g/mol. The van der Waals surface area contributed by atoms with E-state index in [9.17, 15) is 13.2 Å². The van der Waals surface area contributed by atoms with E-state index in [0.717, 1.165) is 37.3 Å². The lowest BCUT2D eigenvalue weighted by Crippen LogP contribution is -2.20. The largest absolute Gasteiger partial charge is 0.416 e. The van der Waals surface area contributed by atoms with Crippen molar-refractivity contribution in [3.05, 3.63) is 47.0 Å². The minimum atomic E-state index is -4.34. The highest BCUT2D eigenvalue weighted by atomic mass is 19.4. The summed E-state index contributed by atoms with van der Waals surface area (Å²) < 4.78 is 38.7. The molecule has 2 rings (SSSR count). The van der Waals surface area contributed by atoms with Crippen molar-refractivity contribution in [2.45, 2.75) is 37.9 Å². The summed E-state index contributed by atoms with van der Waals surface area (Å²) in [5.41, 5.74) is 6.49. The van der Waals surface area contributed by atoms with Gasteiger partial charge in [-0.2, -0.15) is 13.2 Å². The Kier molecular flexibility index (Phi) is 3.76. The Morgan fingerprint density at radius 2 is 1.83 bits per heavy atom. The Morgan fingerprint density at radius 3 is 2.44 bits per heavy atom. The lowest BCUT2D eigenvalue weighted by Gasteiger charge is -2.23. The molecule has 0 amide bonds. The van der Waals surface area contributed by atoms with E-state index in [1.165, 1.54) is 12.1 Å². The minimum absolute atomic E-state index is 0.179. The highest BCUT2D eigenvalue weighted by Crippen LogP contribution is 2.37. The highest BCUT2D eigenvalue weighted by molar-refractivity contribution is 5.37. The Hall–Kier alpha value is -1.29. The van der Waals surface area contributed by atoms with Crippen LogP contribution in [0.5, 0.6) is 0 Å². The first-order valence-corrected chi connectivity index (χ1v) is 6.11. The van der Waals surface area contributed by atoms with Crippen LogP contribution in [0, 0.1) is 0 Å². The van der Waals surface area contributed by atoms with Crippen molar-refractivity contribution in [2.24, 2.45) is 5.73 Å². The van der Waals surface area contributed by atoms with Gasteiger partial charge in [0.25, 0.3) is 0 Å². The zero-order valence-corrected chi connectivity index (χ0v) is 10.0. The van der Waals surface area contributed by atoms with E-state index in [-0.39, 0.29) is 5.56 Å². The first-order valence-electron chi connectivity index (χ1n) is 6.11. The summed E-state index contributed by atoms with van der Waals surface area (Å²) in [7, 11) is 0. The molecule has 4 heteroatoms. The summed E-state index contributed by atoms with van der Waals surface area (Å²) in [6.45, 7) is 0. The minimum Gasteiger partial charge on any atom is -0.321 e. The van der Waals surface area contributed by atoms with Crippen LogP contribution in [0.1, 0.15) is 42.9 Å². The molecule has 1 aliphatic carbocycles. The average Bonchev–Trinajstić information content (AvgIpc) is 2.38. The van der Waals surface area contributed by atoms with Crippen LogP contribution in [-0.2, 0) is 6.18 Å². The van der Waals surface area contributed by atoms with Crippen LogP contribution < -0.4 is 5.73 Å². The third kappa shape index (κ3) is 2.75. The molecule has 1 nitrogen and oxygen atoms in total. The van der Waals surface area contributed by atoms with Gasteiger partial charge in [-0.1, -0.05) is 29.8 Å². The van der Waals surface area contributed by atoms with Crippen molar-refractivity contribution in [3.63, 3.8) is 0 Å². The van der Waals surface area contributed by atoms with Crippen LogP contribution in [0.4, 0.5) is 13.2 Å². The van der Waals surface area contributed by atoms with Gasteiger partial charge in [0.1, 0.15) is 0 Å². The predicted molar refractivity (Wildman–Crippen MR) is 64.9 cm³/mol. The van der Waals surface area contributed by atoms with E-state index in [4.69, 9.17) is 5.73 Å². The first kappa shape index (κ1) is 13.1. The van der Waals surface area contributed by atoms with Gasteiger partial charge in [0.05, 0.1) is 11.6 Å². The van der Waals surface area contributed by atoms with Crippen molar-refractivity contribution >= 4 is 0 Å². The maximum absolute atomic E-state index is 12.9. The molecule has 2 N–H and O–H groups in total. The highest BCUT2D eigenvalue weighted by Gasteiger charge is 2.34. The summed E-state index contributed by atoms with van der Waals surface area (Å²) >= 11 is 0. The van der Waals surface area contributed by atoms with Gasteiger partial charge in [0.2, 0.25) is 0 Å². The van der Waals surface area contributed by atoms with Crippen LogP contribution in [-0.4, -0.2) is 0 Å². The molecule has 0 radical (unpaired) electrons. The number of nitrogens with two attached hydrogens (primary N) is 1. The third-order valence-corrected chi connectivity index (χ3v) is 3.33. The molecule has 98 valence electrons. The van der Waals surface area contributed by atoms with E-state index >= 15 is 0 Å². The quantitative estimate of drug-likeness (QED) is 0.787. The topological polar surface area (TPSA) is 26.0 Å². The lowest BCUT2D eigenvalue weighted by molar-refractivity contribution is -0.138. The number of hydrogen-bond acceptors (Lipinski definition) is 1. The number of allylic oxidation sites excluding steroid dienone is 1. The molecule has 1 aromatic rings. The molecule has 0 bridgehead atoms. The molecule has 0 aliphatic heterocycles. The fourth-order valence-corrected chi connectivity index (χ4v) is 2.37. The van der Waals surface area contributed by atoms with Crippen molar-refractivity contribution in [1.29, 1.82) is 0 Å². The maximum Gasteiger partial charge on any atom is 0.416 e. The Balaban J connectivity index is 2.35. The normalized spacial score (nSPS) is 18.3. The maximum atomic E-state index is 12.9. The third-order valence-electron chi connectivity index (χ3n) is 3.33. The van der Waals surface area contributed by atoms with Crippen LogP contribution in [0.3, 0.4) is 0 Å². The van der Waals surface area contributed by atoms with Crippen LogP contribution >= 0.6 is 0 Å². The van der Waals surface area contributed by atoms with E-state index < -0.39 is 17.8 Å². The van der Waals surface area contributed by atoms with Crippen LogP contribution in [0.25, 0.3) is 0 Å². The smallest absolute Gasteiger partial charge is 0.321 e. The molecule has 0 fully saturated rings. The molecule has 0 saturated heterocycles. The van der Waals surface area contributed by atoms with Gasteiger partial charge in [-0.3, -0.25) is 0 Å². The molecular formula is C14H16F3N. The zero-order valence-electron chi connectivity index (χ0n) is 10.0. The monoisotopic (exact) mass is 255 g/mol. The second kappa shape index (κ2) is 5.14. The SMILES string of the molecule is NC(C1=CCCCC1)c1ccccc1C(F)(F)F. The summed E-state index contributed by atoms with van der Waals surface area (Å²) in [5, 5.41) is 0. The van der Waals surface area contributed by atoms with Gasteiger partial charge in [0.15, 0.2) is 0 Å². The van der Waals surface area contributed by atoms with E-state index in [2.05, 4.69) is 0 Å². The van der Waals surface area contributed by atoms with Crippen molar-refractivity contribution in [2.75, 3.05) is 0 Å². The van der Waals surface area contributed by atoms with Gasteiger partial charge in [0, 0.05) is 0 Å². The van der Waals surface area contributed by atoms with Crippen molar-refractivity contribution in [1.82, 2.24) is 0 Å². The second-order valence-corrected chi connectivity index (χ2v) is 4.59. The number of hydrogen-bond donors (Lipinski definition) is 1. The van der Waals surface area contributed by atoms with Crippen molar-refractivity contribution < 1.29 is 13.2 Å². The molecule has 1 atom stereocenters. The zero-order chi connectivity index (χ0) is 13.2. The van der Waals surface area contributed by atoms with Gasteiger partial charge >= 0.3 is 6.18 Å². The molecule has 0 aromatic heterocycles. The molecule has 0 saturated carbocycles. The number of alkyl halides is 3. The summed E-state index contributed by atoms with van der Waals surface area (Å²) in [4.78, 5) is 0. The molecule has 18 heavy (non-hydrogen) atoms. The van der Waals surface area contributed by atoms with E-state index in [1.807, 2.05) is 6.08 Å². The Morgan fingerprint density at radius 1 is 1.11 bits per heavy atom. The van der Waals surface area contributed by atoms with Gasteiger partial charge in [-0.25, -0.2) is 0 Å². The van der Waals surface area contributed by atoms with Crippen LogP contribution in [0.15, 0.2) is 35.9 Å². The van der Waals surface area contributed by atoms with Gasteiger partial charge < -0.3 is 5.73 Å². The Labute approximate surface area is 104 Å². The number of halogens is 3. The molecule has 1 aliphatic rings. The van der Waals surface area contributed by atoms with Crippen LogP contribution in [0.2, 0.25) is 0 Å². The molecule has 1 aromatic carbocycles. The van der Waals surface area contributed by atoms with Gasteiger partial charge in [-0.05, 0) is 37.3 Å². The lowest BCUT2D eigenvalue weighted by atomic mass is 9.88. The summed E-state index contributed by atoms with van der Waals surface area (Å²) in [5.74, 6) is 0. The molecule has 0 spiro atoms. The fourth-order valence-electron chi connectivity index (χ4n) is 2.37. The van der Waals surface area contributed by atoms with Gasteiger partial charge in [-0.15, -0.1) is 0 Å². The Bertz CT molecular complexity index is 449. The standard InChI is InChI=1S/C14H16F3N/c15-14(16,17)12-9-5-4-8-11(12)13(18)10-6-2-1-3-7-10/h4-6,8-9,13H,1-3,7,18H2. The molecule has 0 heterocycles. The van der Waals surface area contributed by atoms with E-state index in [0.29, 0.717) is 0 Å². The van der Waals surface area contributed by atoms with E-state index in [1.54, 1.807) is 6.07 Å². The summed E-state index contributed by atoms with van der Waals surface area (Å²) in [6.07, 6.45) is 1.46. The van der Waals surface area contributed by atoms with Crippen molar-refractivity contribution in [3.8, 4) is 0 Å². The number of rotatable bonds is 2. The molecule has 1 unspecified atom stereocenters.